The quantitative estimate of drug-likeness (QED) is 0.612. The van der Waals surface area contributed by atoms with E-state index in [1.165, 1.54) is 12.1 Å². The monoisotopic (exact) mass is 209 g/mol. The maximum atomic E-state index is 10.6. The van der Waals surface area contributed by atoms with Crippen LogP contribution in [0.1, 0.15) is 29.8 Å². The van der Waals surface area contributed by atoms with Gasteiger partial charge in [0.2, 0.25) is 0 Å². The zero-order valence-corrected chi connectivity index (χ0v) is 8.93. The fourth-order valence-corrected chi connectivity index (χ4v) is 0.914. The van der Waals surface area contributed by atoms with Crippen LogP contribution >= 0.6 is 0 Å². The first-order valence-corrected chi connectivity index (χ1v) is 4.64. The molecule has 0 atom stereocenters. The Morgan fingerprint density at radius 3 is 2.73 bits per heavy atom. The Kier molecular flexibility index (Phi) is 6.63. The summed E-state index contributed by atoms with van der Waals surface area (Å²) in [7, 11) is 0. The van der Waals surface area contributed by atoms with Crippen molar-refractivity contribution < 1.29 is 14.7 Å². The Labute approximate surface area is 89.2 Å². The molecule has 0 fully saturated rings. The largest absolute Gasteiger partial charge is 0.478 e. The van der Waals surface area contributed by atoms with Gasteiger partial charge in [0.25, 0.3) is 0 Å². The van der Waals surface area contributed by atoms with Crippen molar-refractivity contribution in [2.75, 3.05) is 0 Å². The number of carboxylic acids is 1. The van der Waals surface area contributed by atoms with Gasteiger partial charge in [-0.1, -0.05) is 26.0 Å². The number of hydrogen-bond donors (Lipinski definition) is 1. The number of hydrogen-bond acceptors (Lipinski definition) is 3. The van der Waals surface area contributed by atoms with E-state index in [1.54, 1.807) is 12.1 Å². The van der Waals surface area contributed by atoms with Gasteiger partial charge in [-0.05, 0) is 17.7 Å². The predicted octanol–water partition coefficient (Wildman–Crippen LogP) is 2.54. The van der Waals surface area contributed by atoms with E-state index in [-0.39, 0.29) is 12.2 Å². The van der Waals surface area contributed by atoms with E-state index < -0.39 is 5.97 Å². The molecule has 4 heteroatoms. The second-order valence-corrected chi connectivity index (χ2v) is 2.41. The number of benzene rings is 1. The smallest absolute Gasteiger partial charge is 0.335 e. The number of nitrogens with zero attached hydrogens (tertiary/aromatic N) is 1. The minimum atomic E-state index is -0.951. The standard InChI is InChI=1S/C9H9NO3.C2H6/c1-10-13-6-7-3-2-4-8(5-7)9(11)12;1-2/h2-5H,1,6H2,(H,11,12);1-2H3. The highest BCUT2D eigenvalue weighted by Gasteiger charge is 2.02. The number of carboxylic acid groups (broad SMARTS) is 1. The van der Waals surface area contributed by atoms with Crippen molar-refractivity contribution in [1.29, 1.82) is 0 Å². The van der Waals surface area contributed by atoms with Crippen LogP contribution in [0.5, 0.6) is 0 Å². The van der Waals surface area contributed by atoms with Gasteiger partial charge >= 0.3 is 5.97 Å². The summed E-state index contributed by atoms with van der Waals surface area (Å²) in [5.74, 6) is -0.951. The van der Waals surface area contributed by atoms with Crippen molar-refractivity contribution in [2.45, 2.75) is 20.5 Å². The van der Waals surface area contributed by atoms with Gasteiger partial charge in [-0.3, -0.25) is 0 Å². The normalized spacial score (nSPS) is 8.40. The summed E-state index contributed by atoms with van der Waals surface area (Å²) < 4.78 is 0. The molecule has 4 nitrogen and oxygen atoms in total. The van der Waals surface area contributed by atoms with Gasteiger partial charge in [0, 0.05) is 6.72 Å². The van der Waals surface area contributed by atoms with Gasteiger partial charge in [0.05, 0.1) is 5.56 Å². The van der Waals surface area contributed by atoms with Crippen LogP contribution in [0, 0.1) is 0 Å². The van der Waals surface area contributed by atoms with E-state index in [4.69, 9.17) is 5.11 Å². The van der Waals surface area contributed by atoms with Crippen LogP contribution in [-0.2, 0) is 11.4 Å². The molecule has 0 heterocycles. The van der Waals surface area contributed by atoms with E-state index in [9.17, 15) is 4.79 Å². The second-order valence-electron chi connectivity index (χ2n) is 2.41. The molecule has 1 rings (SSSR count). The summed E-state index contributed by atoms with van der Waals surface area (Å²) in [6.45, 7) is 7.39. The molecule has 0 aliphatic carbocycles. The highest BCUT2D eigenvalue weighted by atomic mass is 16.6. The van der Waals surface area contributed by atoms with Crippen molar-refractivity contribution in [3.05, 3.63) is 35.4 Å². The lowest BCUT2D eigenvalue weighted by atomic mass is 10.1. The molecule has 15 heavy (non-hydrogen) atoms. The van der Waals surface area contributed by atoms with Gasteiger partial charge in [-0.2, -0.15) is 0 Å². The van der Waals surface area contributed by atoms with Crippen LogP contribution in [0.4, 0.5) is 0 Å². The Hall–Kier alpha value is -1.84. The number of carbonyl (C=O) groups is 1. The average molecular weight is 209 g/mol. The Morgan fingerprint density at radius 1 is 1.53 bits per heavy atom. The molecular weight excluding hydrogens is 194 g/mol. The molecule has 1 aromatic rings. The minimum Gasteiger partial charge on any atom is -0.478 e. The molecule has 0 unspecified atom stereocenters. The van der Waals surface area contributed by atoms with Crippen LogP contribution in [0.2, 0.25) is 0 Å². The molecule has 0 bridgehead atoms. The fraction of sp³-hybridized carbons (Fsp3) is 0.273. The Balaban J connectivity index is 0.000000921. The SMILES string of the molecule is C=NOCc1cccc(C(=O)O)c1.CC. The third kappa shape index (κ3) is 4.81. The number of rotatable bonds is 4. The molecule has 0 aliphatic rings. The zero-order valence-electron chi connectivity index (χ0n) is 8.93. The lowest BCUT2D eigenvalue weighted by molar-refractivity contribution is 0.0696. The summed E-state index contributed by atoms with van der Waals surface area (Å²) in [4.78, 5) is 15.2. The van der Waals surface area contributed by atoms with Crippen molar-refractivity contribution >= 4 is 12.7 Å². The first-order chi connectivity index (χ1) is 7.24. The fourth-order valence-electron chi connectivity index (χ4n) is 0.914. The highest BCUT2D eigenvalue weighted by molar-refractivity contribution is 5.87. The first-order valence-electron chi connectivity index (χ1n) is 4.64. The van der Waals surface area contributed by atoms with Crippen molar-refractivity contribution in [1.82, 2.24) is 0 Å². The summed E-state index contributed by atoms with van der Waals surface area (Å²) in [5, 5.41) is 11.9. The molecule has 0 aliphatic heterocycles. The summed E-state index contributed by atoms with van der Waals surface area (Å²) in [6.07, 6.45) is 0. The maximum Gasteiger partial charge on any atom is 0.335 e. The van der Waals surface area contributed by atoms with Gasteiger partial charge in [-0.25, -0.2) is 4.79 Å². The van der Waals surface area contributed by atoms with E-state index in [2.05, 4.69) is 16.7 Å². The van der Waals surface area contributed by atoms with Crippen molar-refractivity contribution in [2.24, 2.45) is 5.16 Å². The van der Waals surface area contributed by atoms with Crippen molar-refractivity contribution in [3.8, 4) is 0 Å². The lowest BCUT2D eigenvalue weighted by Crippen LogP contribution is -1.97. The molecular formula is C11H15NO3. The molecule has 0 saturated heterocycles. The van der Waals surface area contributed by atoms with E-state index in [1.807, 2.05) is 13.8 Å². The molecule has 1 N–H and O–H groups in total. The third-order valence-electron chi connectivity index (χ3n) is 1.50. The molecule has 0 saturated carbocycles. The number of aromatic carboxylic acids is 1. The Bertz CT molecular complexity index is 323. The lowest BCUT2D eigenvalue weighted by Gasteiger charge is -2.00. The summed E-state index contributed by atoms with van der Waals surface area (Å²) in [5.41, 5.74) is 0.998. The van der Waals surface area contributed by atoms with Crippen LogP contribution in [0.25, 0.3) is 0 Å². The van der Waals surface area contributed by atoms with Gasteiger partial charge in [0.15, 0.2) is 0 Å². The van der Waals surface area contributed by atoms with Crippen LogP contribution in [-0.4, -0.2) is 17.8 Å². The zero-order chi connectivity index (χ0) is 11.7. The first kappa shape index (κ1) is 13.2. The maximum absolute atomic E-state index is 10.6. The topological polar surface area (TPSA) is 58.9 Å². The van der Waals surface area contributed by atoms with Crippen LogP contribution in [0.3, 0.4) is 0 Å². The van der Waals surface area contributed by atoms with Crippen LogP contribution in [0.15, 0.2) is 29.4 Å². The molecule has 82 valence electrons. The van der Waals surface area contributed by atoms with Crippen LogP contribution < -0.4 is 0 Å². The second kappa shape index (κ2) is 7.55. The molecule has 0 radical (unpaired) electrons. The molecule has 1 aromatic carbocycles. The Morgan fingerprint density at radius 2 is 2.20 bits per heavy atom. The molecule has 0 spiro atoms. The third-order valence-corrected chi connectivity index (χ3v) is 1.50. The van der Waals surface area contributed by atoms with Gasteiger partial charge in [0.1, 0.15) is 6.61 Å². The average Bonchev–Trinajstić information content (AvgIpc) is 2.29. The van der Waals surface area contributed by atoms with E-state index in [0.717, 1.165) is 5.56 Å². The summed E-state index contributed by atoms with van der Waals surface area (Å²) >= 11 is 0. The predicted molar refractivity (Wildman–Crippen MR) is 59.1 cm³/mol. The molecule has 0 amide bonds. The van der Waals surface area contributed by atoms with Gasteiger partial charge < -0.3 is 9.94 Å². The van der Waals surface area contributed by atoms with Crippen molar-refractivity contribution in [3.63, 3.8) is 0 Å². The van der Waals surface area contributed by atoms with E-state index in [0.29, 0.717) is 0 Å². The van der Waals surface area contributed by atoms with Gasteiger partial charge in [-0.15, -0.1) is 5.16 Å². The summed E-state index contributed by atoms with van der Waals surface area (Å²) in [6, 6.07) is 6.48. The minimum absolute atomic E-state index is 0.241. The van der Waals surface area contributed by atoms with E-state index >= 15 is 0 Å². The number of oxime groups is 1. The molecule has 0 aromatic heterocycles. The highest BCUT2D eigenvalue weighted by Crippen LogP contribution is 2.06.